The fourth-order valence-electron chi connectivity index (χ4n) is 2.57. The van der Waals surface area contributed by atoms with Crippen LogP contribution in [0.25, 0.3) is 0 Å². The number of carbonyl (C=O) groups is 1. The Bertz CT molecular complexity index is 501. The van der Waals surface area contributed by atoms with Gasteiger partial charge < -0.3 is 5.32 Å². The minimum atomic E-state index is -0.0225. The molecule has 1 amide bonds. The second-order valence-electron chi connectivity index (χ2n) is 5.06. The van der Waals surface area contributed by atoms with Gasteiger partial charge >= 0.3 is 0 Å². The van der Waals surface area contributed by atoms with Crippen molar-refractivity contribution in [3.05, 3.63) is 28.8 Å². The third-order valence-electron chi connectivity index (χ3n) is 3.57. The van der Waals surface area contributed by atoms with Crippen LogP contribution in [-0.4, -0.2) is 5.91 Å². The topological polar surface area (TPSA) is 52.9 Å². The van der Waals surface area contributed by atoms with Crippen LogP contribution in [0.1, 0.15) is 44.1 Å². The van der Waals surface area contributed by atoms with Gasteiger partial charge in [-0.15, -0.1) is 0 Å². The largest absolute Gasteiger partial charge is 0.325 e. The van der Waals surface area contributed by atoms with Crippen LogP contribution in [0, 0.1) is 17.2 Å². The Balaban J connectivity index is 1.98. The number of hydrogen-bond donors (Lipinski definition) is 1. The Hall–Kier alpha value is -1.53. The Morgan fingerprint density at radius 3 is 2.79 bits per heavy atom. The maximum Gasteiger partial charge on any atom is 0.224 e. The van der Waals surface area contributed by atoms with Crippen molar-refractivity contribution in [1.82, 2.24) is 0 Å². The number of nitrogens with one attached hydrogen (secondary N) is 1. The molecule has 1 aliphatic rings. The maximum atomic E-state index is 12.0. The van der Waals surface area contributed by atoms with E-state index in [1.54, 1.807) is 18.2 Å². The minimum Gasteiger partial charge on any atom is -0.325 e. The smallest absolute Gasteiger partial charge is 0.224 e. The molecule has 0 aromatic heterocycles. The van der Waals surface area contributed by atoms with Crippen molar-refractivity contribution in [2.75, 3.05) is 5.32 Å². The summed E-state index contributed by atoms with van der Waals surface area (Å²) >= 11 is 5.89. The Kier molecular flexibility index (Phi) is 4.81. The monoisotopic (exact) mass is 276 g/mol. The van der Waals surface area contributed by atoms with Crippen molar-refractivity contribution in [2.45, 2.75) is 38.5 Å². The van der Waals surface area contributed by atoms with Crippen LogP contribution in [0.4, 0.5) is 5.69 Å². The molecule has 1 aliphatic carbocycles. The van der Waals surface area contributed by atoms with Crippen molar-refractivity contribution in [1.29, 1.82) is 5.26 Å². The van der Waals surface area contributed by atoms with Crippen molar-refractivity contribution in [3.8, 4) is 6.07 Å². The highest BCUT2D eigenvalue weighted by Crippen LogP contribution is 2.27. The number of rotatable bonds is 3. The van der Waals surface area contributed by atoms with Gasteiger partial charge in [-0.05, 0) is 37.0 Å². The zero-order valence-corrected chi connectivity index (χ0v) is 11.5. The van der Waals surface area contributed by atoms with E-state index in [0.717, 1.165) is 12.8 Å². The van der Waals surface area contributed by atoms with Crippen molar-refractivity contribution < 1.29 is 4.79 Å². The predicted octanol–water partition coefficient (Wildman–Crippen LogP) is 4.12. The summed E-state index contributed by atoms with van der Waals surface area (Å²) in [6.07, 6.45) is 6.53. The number of nitriles is 1. The summed E-state index contributed by atoms with van der Waals surface area (Å²) in [6.45, 7) is 0. The van der Waals surface area contributed by atoms with Crippen LogP contribution in [0.15, 0.2) is 18.2 Å². The molecule has 3 nitrogen and oxygen atoms in total. The molecule has 0 aliphatic heterocycles. The Labute approximate surface area is 118 Å². The second kappa shape index (κ2) is 6.58. The average molecular weight is 277 g/mol. The summed E-state index contributed by atoms with van der Waals surface area (Å²) in [5.74, 6) is 0.462. The van der Waals surface area contributed by atoms with E-state index in [1.165, 1.54) is 19.3 Å². The first-order chi connectivity index (χ1) is 9.19. The standard InChI is InChI=1S/C15H17ClN2O/c16-13-7-6-12(10-17)14(9-13)18-15(19)8-11-4-2-1-3-5-11/h6-7,9,11H,1-5,8H2,(H,18,19). The molecule has 2 rings (SSSR count). The van der Waals surface area contributed by atoms with E-state index in [0.29, 0.717) is 28.6 Å². The van der Waals surface area contributed by atoms with Crippen LogP contribution in [0.5, 0.6) is 0 Å². The van der Waals surface area contributed by atoms with E-state index < -0.39 is 0 Å². The minimum absolute atomic E-state index is 0.0225. The summed E-state index contributed by atoms with van der Waals surface area (Å²) in [7, 11) is 0. The van der Waals surface area contributed by atoms with Crippen LogP contribution in [0.3, 0.4) is 0 Å². The van der Waals surface area contributed by atoms with Crippen LogP contribution in [-0.2, 0) is 4.79 Å². The molecule has 1 aromatic rings. The molecule has 100 valence electrons. The first-order valence-corrected chi connectivity index (χ1v) is 7.06. The lowest BCUT2D eigenvalue weighted by Crippen LogP contribution is -2.18. The van der Waals surface area contributed by atoms with Gasteiger partial charge in [0.15, 0.2) is 0 Å². The van der Waals surface area contributed by atoms with E-state index >= 15 is 0 Å². The normalized spacial score (nSPS) is 15.8. The number of amides is 1. The molecule has 0 bridgehead atoms. The Morgan fingerprint density at radius 2 is 2.11 bits per heavy atom. The first kappa shape index (κ1) is 13.9. The molecule has 1 N–H and O–H groups in total. The summed E-state index contributed by atoms with van der Waals surface area (Å²) in [6, 6.07) is 6.96. The number of carbonyl (C=O) groups excluding carboxylic acids is 1. The molecular weight excluding hydrogens is 260 g/mol. The highest BCUT2D eigenvalue weighted by atomic mass is 35.5. The summed E-state index contributed by atoms with van der Waals surface area (Å²) in [5, 5.41) is 12.3. The summed E-state index contributed by atoms with van der Waals surface area (Å²) < 4.78 is 0. The number of hydrogen-bond acceptors (Lipinski definition) is 2. The van der Waals surface area contributed by atoms with Gasteiger partial charge in [0.1, 0.15) is 6.07 Å². The third-order valence-corrected chi connectivity index (χ3v) is 3.81. The van der Waals surface area contributed by atoms with Crippen molar-refractivity contribution in [3.63, 3.8) is 0 Å². The molecular formula is C15H17ClN2O. The molecule has 0 heterocycles. The zero-order chi connectivity index (χ0) is 13.7. The third kappa shape index (κ3) is 3.97. The lowest BCUT2D eigenvalue weighted by atomic mass is 9.87. The molecule has 1 fully saturated rings. The molecule has 4 heteroatoms. The summed E-state index contributed by atoms with van der Waals surface area (Å²) in [4.78, 5) is 12.0. The molecule has 1 aromatic carbocycles. The average Bonchev–Trinajstić information content (AvgIpc) is 2.40. The van der Waals surface area contributed by atoms with Gasteiger partial charge in [-0.2, -0.15) is 5.26 Å². The van der Waals surface area contributed by atoms with Crippen LogP contribution >= 0.6 is 11.6 Å². The van der Waals surface area contributed by atoms with E-state index in [1.807, 2.05) is 0 Å². The molecule has 0 spiro atoms. The highest BCUT2D eigenvalue weighted by molar-refractivity contribution is 6.31. The van der Waals surface area contributed by atoms with E-state index in [9.17, 15) is 4.79 Å². The molecule has 0 atom stereocenters. The molecule has 19 heavy (non-hydrogen) atoms. The number of benzene rings is 1. The zero-order valence-electron chi connectivity index (χ0n) is 10.8. The predicted molar refractivity (Wildman–Crippen MR) is 76.0 cm³/mol. The quantitative estimate of drug-likeness (QED) is 0.903. The van der Waals surface area contributed by atoms with E-state index in [4.69, 9.17) is 16.9 Å². The number of halogens is 1. The molecule has 0 unspecified atom stereocenters. The van der Waals surface area contributed by atoms with Gasteiger partial charge in [-0.1, -0.05) is 30.9 Å². The van der Waals surface area contributed by atoms with E-state index in [-0.39, 0.29) is 5.91 Å². The number of nitrogens with zero attached hydrogens (tertiary/aromatic N) is 1. The van der Waals surface area contributed by atoms with Gasteiger partial charge in [0, 0.05) is 11.4 Å². The van der Waals surface area contributed by atoms with Crippen LogP contribution in [0.2, 0.25) is 5.02 Å². The second-order valence-corrected chi connectivity index (χ2v) is 5.49. The van der Waals surface area contributed by atoms with Gasteiger partial charge in [0.25, 0.3) is 0 Å². The van der Waals surface area contributed by atoms with Gasteiger partial charge in [0.05, 0.1) is 11.3 Å². The fraction of sp³-hybridized carbons (Fsp3) is 0.467. The Morgan fingerprint density at radius 1 is 1.37 bits per heavy atom. The van der Waals surface area contributed by atoms with Crippen LogP contribution < -0.4 is 5.32 Å². The maximum absolute atomic E-state index is 12.0. The van der Waals surface area contributed by atoms with Gasteiger partial charge in [-0.25, -0.2) is 0 Å². The lowest BCUT2D eigenvalue weighted by Gasteiger charge is -2.21. The highest BCUT2D eigenvalue weighted by Gasteiger charge is 2.17. The van der Waals surface area contributed by atoms with Crippen molar-refractivity contribution in [2.24, 2.45) is 5.92 Å². The van der Waals surface area contributed by atoms with Crippen molar-refractivity contribution >= 4 is 23.2 Å². The number of anilines is 1. The molecule has 0 radical (unpaired) electrons. The molecule has 0 saturated heterocycles. The lowest BCUT2D eigenvalue weighted by molar-refractivity contribution is -0.117. The first-order valence-electron chi connectivity index (χ1n) is 6.68. The molecule has 1 saturated carbocycles. The van der Waals surface area contributed by atoms with Gasteiger partial charge in [0.2, 0.25) is 5.91 Å². The van der Waals surface area contributed by atoms with E-state index in [2.05, 4.69) is 11.4 Å². The summed E-state index contributed by atoms with van der Waals surface area (Å²) in [5.41, 5.74) is 0.956. The fourth-order valence-corrected chi connectivity index (χ4v) is 2.74. The SMILES string of the molecule is N#Cc1ccc(Cl)cc1NC(=O)CC1CCCCC1. The van der Waals surface area contributed by atoms with Gasteiger partial charge in [-0.3, -0.25) is 4.79 Å².